The molecule has 1 heterocycles. The summed E-state index contributed by atoms with van der Waals surface area (Å²) in [5.74, 6) is 2.30. The maximum absolute atomic E-state index is 4.48. The SMILES string of the molecule is CCC1CN(C(=NC)NCC(C)N(C)C2CC2)CCS1. The standard InChI is InChI=1S/C15H30N4S/c1-5-14-11-19(8-9-20-14)15(16-3)17-10-12(2)18(4)13-6-7-13/h12-14H,5-11H2,1-4H3,(H,16,17). The van der Waals surface area contributed by atoms with Gasteiger partial charge in [-0.05, 0) is 33.2 Å². The average molecular weight is 298 g/mol. The normalized spacial score (nSPS) is 25.9. The van der Waals surface area contributed by atoms with Gasteiger partial charge in [0.1, 0.15) is 0 Å². The molecule has 0 amide bonds. The molecule has 5 heteroatoms. The lowest BCUT2D eigenvalue weighted by Crippen LogP contribution is -2.50. The van der Waals surface area contributed by atoms with E-state index in [4.69, 9.17) is 0 Å². The highest BCUT2D eigenvalue weighted by Gasteiger charge is 2.29. The first-order valence-corrected chi connectivity index (χ1v) is 8.99. The highest BCUT2D eigenvalue weighted by atomic mass is 32.2. The van der Waals surface area contributed by atoms with Gasteiger partial charge in [-0.3, -0.25) is 9.89 Å². The first-order valence-electron chi connectivity index (χ1n) is 7.94. The fourth-order valence-corrected chi connectivity index (χ4v) is 3.90. The summed E-state index contributed by atoms with van der Waals surface area (Å²) in [4.78, 5) is 9.40. The van der Waals surface area contributed by atoms with Gasteiger partial charge in [0, 0.05) is 49.8 Å². The summed E-state index contributed by atoms with van der Waals surface area (Å²) >= 11 is 2.10. The fraction of sp³-hybridized carbons (Fsp3) is 0.933. The second-order valence-electron chi connectivity index (χ2n) is 6.02. The van der Waals surface area contributed by atoms with Crippen LogP contribution in [0.15, 0.2) is 4.99 Å². The second-order valence-corrected chi connectivity index (χ2v) is 7.43. The molecular formula is C15H30N4S. The predicted molar refractivity (Wildman–Crippen MR) is 89.7 cm³/mol. The van der Waals surface area contributed by atoms with E-state index in [1.807, 2.05) is 7.05 Å². The van der Waals surface area contributed by atoms with Crippen molar-refractivity contribution < 1.29 is 0 Å². The largest absolute Gasteiger partial charge is 0.355 e. The van der Waals surface area contributed by atoms with Crippen LogP contribution in [0.5, 0.6) is 0 Å². The van der Waals surface area contributed by atoms with Gasteiger partial charge in [-0.15, -0.1) is 0 Å². The van der Waals surface area contributed by atoms with Crippen molar-refractivity contribution in [3.05, 3.63) is 0 Å². The summed E-state index contributed by atoms with van der Waals surface area (Å²) in [5, 5.41) is 4.33. The molecule has 0 aromatic heterocycles. The van der Waals surface area contributed by atoms with Crippen LogP contribution in [0.4, 0.5) is 0 Å². The van der Waals surface area contributed by atoms with E-state index in [0.717, 1.165) is 36.9 Å². The van der Waals surface area contributed by atoms with Crippen LogP contribution in [0.1, 0.15) is 33.1 Å². The third-order valence-electron chi connectivity index (χ3n) is 4.48. The number of nitrogens with zero attached hydrogens (tertiary/aromatic N) is 3. The Kier molecular flexibility index (Phi) is 6.02. The first kappa shape index (κ1) is 16.0. The lowest BCUT2D eigenvalue weighted by atomic mass is 10.3. The molecule has 2 fully saturated rings. The molecule has 0 aromatic rings. The number of hydrogen-bond donors (Lipinski definition) is 1. The molecule has 1 aliphatic carbocycles. The molecule has 2 unspecified atom stereocenters. The van der Waals surface area contributed by atoms with Gasteiger partial charge in [0.25, 0.3) is 0 Å². The lowest BCUT2D eigenvalue weighted by Gasteiger charge is -2.35. The zero-order chi connectivity index (χ0) is 14.5. The monoisotopic (exact) mass is 298 g/mol. The van der Waals surface area contributed by atoms with Gasteiger partial charge in [0.05, 0.1) is 0 Å². The van der Waals surface area contributed by atoms with Crippen molar-refractivity contribution in [1.82, 2.24) is 15.1 Å². The van der Waals surface area contributed by atoms with Gasteiger partial charge in [-0.1, -0.05) is 6.92 Å². The van der Waals surface area contributed by atoms with E-state index in [1.54, 1.807) is 0 Å². The van der Waals surface area contributed by atoms with Crippen molar-refractivity contribution in [3.63, 3.8) is 0 Å². The predicted octanol–water partition coefficient (Wildman–Crippen LogP) is 1.87. The summed E-state index contributed by atoms with van der Waals surface area (Å²) in [6.07, 6.45) is 3.99. The third kappa shape index (κ3) is 4.29. The third-order valence-corrected chi connectivity index (χ3v) is 5.85. The van der Waals surface area contributed by atoms with E-state index in [2.05, 4.69) is 52.8 Å². The average Bonchev–Trinajstić information content (AvgIpc) is 3.31. The van der Waals surface area contributed by atoms with Crippen LogP contribution < -0.4 is 5.32 Å². The number of aliphatic imine (C=N–C) groups is 1. The molecule has 0 aromatic carbocycles. The molecule has 1 saturated heterocycles. The van der Waals surface area contributed by atoms with Crippen LogP contribution in [0.2, 0.25) is 0 Å². The maximum Gasteiger partial charge on any atom is 0.193 e. The van der Waals surface area contributed by atoms with E-state index in [9.17, 15) is 0 Å². The lowest BCUT2D eigenvalue weighted by molar-refractivity contribution is 0.245. The summed E-state index contributed by atoms with van der Waals surface area (Å²) in [6.45, 7) is 7.82. The number of thioether (sulfide) groups is 1. The molecule has 20 heavy (non-hydrogen) atoms. The second kappa shape index (κ2) is 7.55. The topological polar surface area (TPSA) is 30.9 Å². The summed E-state index contributed by atoms with van der Waals surface area (Å²) in [6, 6.07) is 1.39. The van der Waals surface area contributed by atoms with Crippen LogP contribution in [0, 0.1) is 0 Å². The molecule has 2 atom stereocenters. The van der Waals surface area contributed by atoms with Crippen molar-refractivity contribution >= 4 is 17.7 Å². The Hall–Kier alpha value is -0.420. The zero-order valence-electron chi connectivity index (χ0n) is 13.4. The Morgan fingerprint density at radius 3 is 2.85 bits per heavy atom. The van der Waals surface area contributed by atoms with Crippen molar-refractivity contribution in [3.8, 4) is 0 Å². The number of nitrogens with one attached hydrogen (secondary N) is 1. The molecule has 1 aliphatic heterocycles. The minimum atomic E-state index is 0.570. The first-order chi connectivity index (χ1) is 9.65. The Labute approximate surface area is 128 Å². The fourth-order valence-electron chi connectivity index (χ4n) is 2.72. The van der Waals surface area contributed by atoms with Crippen LogP contribution in [0.3, 0.4) is 0 Å². The number of hydrogen-bond acceptors (Lipinski definition) is 3. The quantitative estimate of drug-likeness (QED) is 0.620. The Morgan fingerprint density at radius 1 is 1.50 bits per heavy atom. The highest BCUT2D eigenvalue weighted by Crippen LogP contribution is 2.26. The molecule has 4 nitrogen and oxygen atoms in total. The van der Waals surface area contributed by atoms with Crippen molar-refractivity contribution in [2.24, 2.45) is 4.99 Å². The minimum absolute atomic E-state index is 0.570. The van der Waals surface area contributed by atoms with Crippen molar-refractivity contribution in [2.45, 2.75) is 50.4 Å². The van der Waals surface area contributed by atoms with Gasteiger partial charge in [0.15, 0.2) is 5.96 Å². The van der Waals surface area contributed by atoms with E-state index in [1.165, 1.54) is 25.0 Å². The van der Waals surface area contributed by atoms with Crippen LogP contribution in [0.25, 0.3) is 0 Å². The van der Waals surface area contributed by atoms with Gasteiger partial charge in [0.2, 0.25) is 0 Å². The molecule has 2 aliphatic rings. The van der Waals surface area contributed by atoms with Crippen LogP contribution in [-0.2, 0) is 0 Å². The molecular weight excluding hydrogens is 268 g/mol. The molecule has 2 rings (SSSR count). The molecule has 0 radical (unpaired) electrons. The highest BCUT2D eigenvalue weighted by molar-refractivity contribution is 8.00. The summed E-state index contributed by atoms with van der Waals surface area (Å²) < 4.78 is 0. The smallest absolute Gasteiger partial charge is 0.193 e. The minimum Gasteiger partial charge on any atom is -0.355 e. The van der Waals surface area contributed by atoms with E-state index < -0.39 is 0 Å². The van der Waals surface area contributed by atoms with Crippen molar-refractivity contribution in [2.75, 3.05) is 39.5 Å². The molecule has 116 valence electrons. The van der Waals surface area contributed by atoms with Gasteiger partial charge in [-0.2, -0.15) is 11.8 Å². The Balaban J connectivity index is 1.79. The maximum atomic E-state index is 4.48. The Bertz CT molecular complexity index is 330. The Morgan fingerprint density at radius 2 is 2.25 bits per heavy atom. The van der Waals surface area contributed by atoms with E-state index in [-0.39, 0.29) is 0 Å². The zero-order valence-corrected chi connectivity index (χ0v) is 14.2. The molecule has 0 spiro atoms. The summed E-state index contributed by atoms with van der Waals surface area (Å²) in [5.41, 5.74) is 0. The molecule has 1 N–H and O–H groups in total. The van der Waals surface area contributed by atoms with Gasteiger partial charge in [-0.25, -0.2) is 0 Å². The van der Waals surface area contributed by atoms with Crippen molar-refractivity contribution in [1.29, 1.82) is 0 Å². The summed E-state index contributed by atoms with van der Waals surface area (Å²) in [7, 11) is 4.15. The molecule has 0 bridgehead atoms. The van der Waals surface area contributed by atoms with Gasteiger partial charge < -0.3 is 10.2 Å². The number of rotatable bonds is 5. The van der Waals surface area contributed by atoms with Gasteiger partial charge >= 0.3 is 0 Å². The number of likely N-dealkylation sites (N-methyl/N-ethyl adjacent to an activating group) is 1. The van der Waals surface area contributed by atoms with Crippen LogP contribution in [-0.4, -0.2) is 72.6 Å². The van der Waals surface area contributed by atoms with Crippen LogP contribution >= 0.6 is 11.8 Å². The number of guanidine groups is 1. The van der Waals surface area contributed by atoms with E-state index >= 15 is 0 Å². The van der Waals surface area contributed by atoms with E-state index in [0.29, 0.717) is 6.04 Å². The molecule has 1 saturated carbocycles.